The molecule has 0 radical (unpaired) electrons. The maximum absolute atomic E-state index is 10.1. The van der Waals surface area contributed by atoms with E-state index in [9.17, 15) is 5.11 Å². The molecule has 0 aliphatic rings. The fourth-order valence-electron chi connectivity index (χ4n) is 1.79. The van der Waals surface area contributed by atoms with Crippen LogP contribution in [0.5, 0.6) is 0 Å². The summed E-state index contributed by atoms with van der Waals surface area (Å²) in [5.41, 5.74) is -0.692. The largest absolute Gasteiger partial charge is 0.394 e. The van der Waals surface area contributed by atoms with E-state index in [2.05, 4.69) is 11.7 Å². The molecule has 0 heterocycles. The van der Waals surface area contributed by atoms with Crippen molar-refractivity contribution in [1.29, 1.82) is 0 Å². The number of hydrogen-bond acceptors (Lipinski definition) is 6. The Morgan fingerprint density at radius 1 is 0.773 bits per heavy atom. The molecular formula is C16H36O6. The molecule has 0 aromatic heterocycles. The minimum Gasteiger partial charge on any atom is -0.394 e. The predicted octanol–water partition coefficient (Wildman–Crippen LogP) is 1.09. The first-order valence-corrected chi connectivity index (χ1v) is 8.30. The summed E-state index contributed by atoms with van der Waals surface area (Å²) in [5, 5.41) is 34.9. The highest BCUT2D eigenvalue weighted by atomic mass is 16.5. The zero-order chi connectivity index (χ0) is 17.1. The average Bonchev–Trinajstić information content (AvgIpc) is 2.53. The lowest BCUT2D eigenvalue weighted by Crippen LogP contribution is -2.34. The van der Waals surface area contributed by atoms with E-state index >= 15 is 0 Å². The molecule has 0 aromatic carbocycles. The Balaban J connectivity index is 0. The van der Waals surface area contributed by atoms with E-state index in [1.165, 1.54) is 19.3 Å². The van der Waals surface area contributed by atoms with E-state index in [0.29, 0.717) is 32.8 Å². The van der Waals surface area contributed by atoms with E-state index in [0.717, 1.165) is 12.8 Å². The zero-order valence-corrected chi connectivity index (χ0v) is 14.3. The molecule has 1 atom stereocenters. The number of hydrogen-bond donors (Lipinski definition) is 4. The zero-order valence-electron chi connectivity index (χ0n) is 14.3. The van der Waals surface area contributed by atoms with Gasteiger partial charge in [0.25, 0.3) is 0 Å². The molecule has 0 saturated heterocycles. The van der Waals surface area contributed by atoms with Crippen molar-refractivity contribution in [1.82, 2.24) is 0 Å². The predicted molar refractivity (Wildman–Crippen MR) is 86.9 cm³/mol. The number of unbranched alkanes of at least 4 members (excludes halogenated alkanes) is 3. The first kappa shape index (κ1) is 24.0. The third-order valence-electron chi connectivity index (χ3n) is 3.23. The molecule has 136 valence electrons. The van der Waals surface area contributed by atoms with Crippen LogP contribution in [0, 0.1) is 0 Å². The average molecular weight is 324 g/mol. The summed E-state index contributed by atoms with van der Waals surface area (Å²) in [6.45, 7) is 5.53. The van der Waals surface area contributed by atoms with Crippen molar-refractivity contribution in [2.45, 2.75) is 58.0 Å². The van der Waals surface area contributed by atoms with Gasteiger partial charge in [-0.3, -0.25) is 0 Å². The van der Waals surface area contributed by atoms with Gasteiger partial charge in [0.15, 0.2) is 0 Å². The van der Waals surface area contributed by atoms with Crippen LogP contribution in [0.2, 0.25) is 0 Å². The smallest absolute Gasteiger partial charge is 0.0877 e. The van der Waals surface area contributed by atoms with Gasteiger partial charge < -0.3 is 29.9 Å². The molecule has 6 nitrogen and oxygen atoms in total. The van der Waals surface area contributed by atoms with E-state index in [-0.39, 0.29) is 19.8 Å². The lowest BCUT2D eigenvalue weighted by molar-refractivity contribution is -0.0609. The third-order valence-corrected chi connectivity index (χ3v) is 3.23. The van der Waals surface area contributed by atoms with Crippen LogP contribution in [0.25, 0.3) is 0 Å². The Bertz CT molecular complexity index is 199. The summed E-state index contributed by atoms with van der Waals surface area (Å²) < 4.78 is 9.83. The van der Waals surface area contributed by atoms with Crippen molar-refractivity contribution in [2.24, 2.45) is 0 Å². The summed E-state index contributed by atoms with van der Waals surface area (Å²) in [4.78, 5) is 0. The lowest BCUT2D eigenvalue weighted by Gasteiger charge is -2.26. The quantitative estimate of drug-likeness (QED) is 0.357. The molecule has 0 aromatic rings. The molecule has 0 bridgehead atoms. The molecule has 0 fully saturated rings. The van der Waals surface area contributed by atoms with Crippen LogP contribution in [0.3, 0.4) is 0 Å². The molecule has 0 aliphatic carbocycles. The van der Waals surface area contributed by atoms with Crippen LogP contribution in [0.15, 0.2) is 0 Å². The van der Waals surface area contributed by atoms with Crippen molar-refractivity contribution in [2.75, 3.05) is 46.2 Å². The maximum atomic E-state index is 10.1. The molecule has 0 rings (SSSR count). The molecule has 22 heavy (non-hydrogen) atoms. The van der Waals surface area contributed by atoms with E-state index in [1.54, 1.807) is 0 Å². The molecular weight excluding hydrogens is 288 g/mol. The van der Waals surface area contributed by atoms with Crippen molar-refractivity contribution in [3.63, 3.8) is 0 Å². The lowest BCUT2D eigenvalue weighted by atomic mass is 9.94. The number of rotatable bonds is 14. The Hall–Kier alpha value is -0.240. The summed E-state index contributed by atoms with van der Waals surface area (Å²) in [6, 6.07) is 0. The van der Waals surface area contributed by atoms with Crippen LogP contribution in [-0.2, 0) is 9.47 Å². The Labute approximate surface area is 135 Å². The van der Waals surface area contributed by atoms with Gasteiger partial charge in [-0.25, -0.2) is 0 Å². The van der Waals surface area contributed by atoms with Gasteiger partial charge in [0, 0.05) is 0 Å². The molecule has 6 heteroatoms. The first-order valence-electron chi connectivity index (χ1n) is 8.30. The fraction of sp³-hybridized carbons (Fsp3) is 1.00. The van der Waals surface area contributed by atoms with Gasteiger partial charge in [0.2, 0.25) is 0 Å². The maximum Gasteiger partial charge on any atom is 0.0877 e. The summed E-state index contributed by atoms with van der Waals surface area (Å²) in [6.07, 6.45) is 6.20. The van der Waals surface area contributed by atoms with E-state index in [4.69, 9.17) is 20.1 Å². The Morgan fingerprint density at radius 3 is 1.77 bits per heavy atom. The van der Waals surface area contributed by atoms with Gasteiger partial charge in [-0.2, -0.15) is 0 Å². The molecule has 0 saturated carbocycles. The second kappa shape index (κ2) is 18.8. The molecule has 0 amide bonds. The molecule has 0 spiro atoms. The van der Waals surface area contributed by atoms with Crippen LogP contribution in [0.1, 0.15) is 52.4 Å². The minimum absolute atomic E-state index is 0.0234. The molecule has 1 unspecified atom stereocenters. The van der Waals surface area contributed by atoms with Crippen LogP contribution in [-0.4, -0.2) is 72.3 Å². The second-order valence-corrected chi connectivity index (χ2v) is 5.22. The summed E-state index contributed by atoms with van der Waals surface area (Å²) >= 11 is 0. The number of aliphatic hydroxyl groups is 4. The fourth-order valence-corrected chi connectivity index (χ4v) is 1.79. The standard InChI is InChI=1S/C12H26O3.C4H10O3/c1-3-5-6-7-8-12(14,4-2)11-15-10-9-13;5-1-3-7-4-2-6/h13-14H,3-11H2,1-2H3;5-6H,1-4H2. The Morgan fingerprint density at radius 2 is 1.32 bits per heavy atom. The minimum atomic E-state index is -0.692. The summed E-state index contributed by atoms with van der Waals surface area (Å²) in [7, 11) is 0. The van der Waals surface area contributed by atoms with Gasteiger partial charge in [0.1, 0.15) is 0 Å². The topological polar surface area (TPSA) is 99.4 Å². The molecule has 0 aliphatic heterocycles. The van der Waals surface area contributed by atoms with Gasteiger partial charge >= 0.3 is 0 Å². The van der Waals surface area contributed by atoms with Crippen molar-refractivity contribution in [3.05, 3.63) is 0 Å². The Kier molecular flexibility index (Phi) is 20.5. The highest BCUT2D eigenvalue weighted by molar-refractivity contribution is 4.76. The van der Waals surface area contributed by atoms with Gasteiger partial charge in [0.05, 0.1) is 51.8 Å². The summed E-state index contributed by atoms with van der Waals surface area (Å²) in [5.74, 6) is 0. The molecule has 4 N–H and O–H groups in total. The van der Waals surface area contributed by atoms with Gasteiger partial charge in [-0.1, -0.05) is 39.5 Å². The number of ether oxygens (including phenoxy) is 2. The second-order valence-electron chi connectivity index (χ2n) is 5.22. The normalized spacial score (nSPS) is 13.4. The van der Waals surface area contributed by atoms with Gasteiger partial charge in [-0.15, -0.1) is 0 Å². The van der Waals surface area contributed by atoms with E-state index in [1.807, 2.05) is 6.92 Å². The van der Waals surface area contributed by atoms with E-state index < -0.39 is 5.60 Å². The van der Waals surface area contributed by atoms with Crippen LogP contribution < -0.4 is 0 Å². The highest BCUT2D eigenvalue weighted by Crippen LogP contribution is 2.19. The van der Waals surface area contributed by atoms with Crippen LogP contribution in [0.4, 0.5) is 0 Å². The van der Waals surface area contributed by atoms with Crippen LogP contribution >= 0.6 is 0 Å². The van der Waals surface area contributed by atoms with Gasteiger partial charge in [-0.05, 0) is 12.8 Å². The number of aliphatic hydroxyl groups excluding tert-OH is 3. The SMILES string of the molecule is CCCCCCC(O)(CC)COCCO.OCCOCCO. The third kappa shape index (κ3) is 17.8. The van der Waals surface area contributed by atoms with Crippen molar-refractivity contribution < 1.29 is 29.9 Å². The van der Waals surface area contributed by atoms with Crippen molar-refractivity contribution in [3.8, 4) is 0 Å². The first-order chi connectivity index (χ1) is 10.6. The van der Waals surface area contributed by atoms with Crippen molar-refractivity contribution >= 4 is 0 Å². The highest BCUT2D eigenvalue weighted by Gasteiger charge is 2.23. The monoisotopic (exact) mass is 324 g/mol.